The Morgan fingerprint density at radius 1 is 1.22 bits per heavy atom. The lowest BCUT2D eigenvalue weighted by Gasteiger charge is -2.33. The predicted octanol–water partition coefficient (Wildman–Crippen LogP) is 1.37. The first-order valence-electron chi connectivity index (χ1n) is 5.07. The number of carbonyl (C=O) groups is 3. The fourth-order valence-electron chi connectivity index (χ4n) is 1.07. The highest BCUT2D eigenvalue weighted by molar-refractivity contribution is 6.26. The van der Waals surface area contributed by atoms with Crippen LogP contribution in [-0.4, -0.2) is 29.8 Å². The number of carbonyl (C=O) groups excluding carboxylic acids is 3. The Balaban J connectivity index is 5.36. The van der Waals surface area contributed by atoms with E-state index < -0.39 is 35.7 Å². The Morgan fingerprint density at radius 2 is 1.67 bits per heavy atom. The van der Waals surface area contributed by atoms with E-state index in [1.54, 1.807) is 0 Å². The molecule has 0 fully saturated rings. The van der Waals surface area contributed by atoms with Crippen LogP contribution in [0.4, 0.5) is 0 Å². The number of alkyl halides is 1. The summed E-state index contributed by atoms with van der Waals surface area (Å²) < 4.78 is 14.5. The maximum absolute atomic E-state index is 11.2. The Hall–Kier alpha value is -1.56. The van der Waals surface area contributed by atoms with Gasteiger partial charge in [-0.25, -0.2) is 0 Å². The van der Waals surface area contributed by atoms with Gasteiger partial charge in [0, 0.05) is 13.8 Å². The molecule has 0 rings (SSSR count). The highest BCUT2D eigenvalue weighted by Gasteiger charge is 2.46. The number of halogens is 1. The van der Waals surface area contributed by atoms with E-state index in [2.05, 4.69) is 6.58 Å². The molecule has 0 aromatic heterocycles. The lowest BCUT2D eigenvalue weighted by molar-refractivity contribution is -0.342. The SMILES string of the molecule is C=CC(C)C(OC(C)=O)(OC(C)=O)OC(=O)CCl. The molecule has 0 saturated carbocycles. The van der Waals surface area contributed by atoms with Gasteiger partial charge in [0.15, 0.2) is 0 Å². The van der Waals surface area contributed by atoms with Crippen LogP contribution in [0.25, 0.3) is 0 Å². The van der Waals surface area contributed by atoms with Crippen LogP contribution >= 0.6 is 11.6 Å². The molecule has 6 nitrogen and oxygen atoms in total. The Morgan fingerprint density at radius 3 is 1.94 bits per heavy atom. The molecule has 0 aromatic rings. The maximum atomic E-state index is 11.2. The van der Waals surface area contributed by atoms with Crippen molar-refractivity contribution in [1.29, 1.82) is 0 Å². The highest BCUT2D eigenvalue weighted by atomic mass is 35.5. The average Bonchev–Trinajstić information content (AvgIpc) is 2.25. The first kappa shape index (κ1) is 16.4. The molecule has 0 heterocycles. The van der Waals surface area contributed by atoms with Crippen molar-refractivity contribution in [2.75, 3.05) is 5.88 Å². The number of hydrogen-bond acceptors (Lipinski definition) is 6. The zero-order valence-electron chi connectivity index (χ0n) is 10.4. The second-order valence-electron chi connectivity index (χ2n) is 3.42. The first-order valence-corrected chi connectivity index (χ1v) is 5.60. The summed E-state index contributed by atoms with van der Waals surface area (Å²) in [4.78, 5) is 33.4. The van der Waals surface area contributed by atoms with Crippen LogP contribution < -0.4 is 0 Å². The molecule has 0 amide bonds. The van der Waals surface area contributed by atoms with Crippen molar-refractivity contribution < 1.29 is 28.6 Å². The monoisotopic (exact) mass is 278 g/mol. The van der Waals surface area contributed by atoms with Crippen molar-refractivity contribution in [3.63, 3.8) is 0 Å². The topological polar surface area (TPSA) is 78.9 Å². The third-order valence-corrected chi connectivity index (χ3v) is 2.07. The number of ether oxygens (including phenoxy) is 3. The molecule has 1 atom stereocenters. The molecule has 0 spiro atoms. The summed E-state index contributed by atoms with van der Waals surface area (Å²) in [6, 6.07) is 0. The number of hydrogen-bond donors (Lipinski definition) is 0. The maximum Gasteiger partial charge on any atom is 0.429 e. The van der Waals surface area contributed by atoms with Gasteiger partial charge >= 0.3 is 23.9 Å². The fraction of sp³-hybridized carbons (Fsp3) is 0.545. The third-order valence-electron chi connectivity index (χ3n) is 1.85. The Bertz CT molecular complexity index is 335. The van der Waals surface area contributed by atoms with E-state index in [9.17, 15) is 14.4 Å². The summed E-state index contributed by atoms with van der Waals surface area (Å²) in [5, 5.41) is 0. The minimum Gasteiger partial charge on any atom is -0.388 e. The van der Waals surface area contributed by atoms with Crippen LogP contribution in [0.3, 0.4) is 0 Å². The predicted molar refractivity (Wildman–Crippen MR) is 62.4 cm³/mol. The molecule has 0 aliphatic heterocycles. The third kappa shape index (κ3) is 4.75. The van der Waals surface area contributed by atoms with E-state index in [4.69, 9.17) is 25.8 Å². The molecule has 0 aliphatic rings. The van der Waals surface area contributed by atoms with E-state index in [1.807, 2.05) is 0 Å². The Labute approximate surface area is 110 Å². The molecule has 102 valence electrons. The molecule has 0 N–H and O–H groups in total. The van der Waals surface area contributed by atoms with Crippen molar-refractivity contribution in [1.82, 2.24) is 0 Å². The van der Waals surface area contributed by atoms with Gasteiger partial charge in [-0.05, 0) is 6.92 Å². The minimum absolute atomic E-state index is 0.478. The summed E-state index contributed by atoms with van der Waals surface area (Å²) >= 11 is 5.30. The lowest BCUT2D eigenvalue weighted by Crippen LogP contribution is -2.48. The smallest absolute Gasteiger partial charge is 0.388 e. The van der Waals surface area contributed by atoms with Gasteiger partial charge in [0.1, 0.15) is 5.88 Å². The first-order chi connectivity index (χ1) is 8.27. The van der Waals surface area contributed by atoms with Crippen molar-refractivity contribution in [3.8, 4) is 0 Å². The van der Waals surface area contributed by atoms with E-state index in [1.165, 1.54) is 13.0 Å². The summed E-state index contributed by atoms with van der Waals surface area (Å²) in [5.74, 6) is -5.88. The van der Waals surface area contributed by atoms with E-state index >= 15 is 0 Å². The van der Waals surface area contributed by atoms with Crippen LogP contribution in [0, 0.1) is 5.92 Å². The van der Waals surface area contributed by atoms with Gasteiger partial charge in [0.25, 0.3) is 0 Å². The van der Waals surface area contributed by atoms with E-state index in [-0.39, 0.29) is 0 Å². The standard InChI is InChI=1S/C11H15ClO6/c1-5-7(2)11(16-8(3)13,17-9(4)14)18-10(15)6-12/h5,7H,1,6H2,2-4H3. The van der Waals surface area contributed by atoms with Gasteiger partial charge in [0.2, 0.25) is 0 Å². The van der Waals surface area contributed by atoms with E-state index in [0.717, 1.165) is 13.8 Å². The summed E-state index contributed by atoms with van der Waals surface area (Å²) in [6.07, 6.45) is 1.31. The van der Waals surface area contributed by atoms with Crippen LogP contribution in [0.5, 0.6) is 0 Å². The molecule has 0 saturated heterocycles. The molecule has 0 aliphatic carbocycles. The van der Waals surface area contributed by atoms with Crippen molar-refractivity contribution in [2.45, 2.75) is 26.7 Å². The fourth-order valence-corrected chi connectivity index (χ4v) is 1.13. The lowest BCUT2D eigenvalue weighted by atomic mass is 10.1. The summed E-state index contributed by atoms with van der Waals surface area (Å²) in [7, 11) is 0. The molecule has 7 heteroatoms. The molecule has 0 bridgehead atoms. The summed E-state index contributed by atoms with van der Waals surface area (Å²) in [6.45, 7) is 7.14. The van der Waals surface area contributed by atoms with Crippen LogP contribution in [-0.2, 0) is 28.6 Å². The van der Waals surface area contributed by atoms with Crippen molar-refractivity contribution >= 4 is 29.5 Å². The van der Waals surface area contributed by atoms with Gasteiger partial charge in [-0.15, -0.1) is 18.2 Å². The molecule has 18 heavy (non-hydrogen) atoms. The second kappa shape index (κ2) is 7.00. The molecule has 1 unspecified atom stereocenters. The molecule has 0 radical (unpaired) electrons. The zero-order valence-corrected chi connectivity index (χ0v) is 11.2. The minimum atomic E-state index is -2.18. The van der Waals surface area contributed by atoms with Gasteiger partial charge in [-0.3, -0.25) is 14.4 Å². The quantitative estimate of drug-likeness (QED) is 0.316. The van der Waals surface area contributed by atoms with Crippen molar-refractivity contribution in [2.24, 2.45) is 5.92 Å². The van der Waals surface area contributed by atoms with Crippen LogP contribution in [0.15, 0.2) is 12.7 Å². The van der Waals surface area contributed by atoms with Crippen LogP contribution in [0.2, 0.25) is 0 Å². The highest BCUT2D eigenvalue weighted by Crippen LogP contribution is 2.27. The largest absolute Gasteiger partial charge is 0.429 e. The Kier molecular flexibility index (Phi) is 6.40. The van der Waals surface area contributed by atoms with Crippen LogP contribution in [0.1, 0.15) is 20.8 Å². The van der Waals surface area contributed by atoms with Gasteiger partial charge in [-0.2, -0.15) is 0 Å². The zero-order chi connectivity index (χ0) is 14.3. The molecular weight excluding hydrogens is 264 g/mol. The molecular formula is C11H15ClO6. The normalized spacial score (nSPS) is 12.2. The number of rotatable bonds is 6. The average molecular weight is 279 g/mol. The number of esters is 3. The van der Waals surface area contributed by atoms with Crippen molar-refractivity contribution in [3.05, 3.63) is 12.7 Å². The van der Waals surface area contributed by atoms with E-state index in [0.29, 0.717) is 0 Å². The second-order valence-corrected chi connectivity index (χ2v) is 3.69. The molecule has 0 aromatic carbocycles. The van der Waals surface area contributed by atoms with Gasteiger partial charge in [-0.1, -0.05) is 6.08 Å². The van der Waals surface area contributed by atoms with Gasteiger partial charge < -0.3 is 14.2 Å². The summed E-state index contributed by atoms with van der Waals surface area (Å²) in [5.41, 5.74) is 0. The van der Waals surface area contributed by atoms with Gasteiger partial charge in [0.05, 0.1) is 5.92 Å².